The summed E-state index contributed by atoms with van der Waals surface area (Å²) < 4.78 is 12.7. The molecular weight excluding hydrogens is 456 g/mol. The molecule has 2 N–H and O–H groups in total. The zero-order valence-corrected chi connectivity index (χ0v) is 20.2. The topological polar surface area (TPSA) is 94.5 Å². The third-order valence-electron chi connectivity index (χ3n) is 6.37. The highest BCUT2D eigenvalue weighted by atomic mass is 16.5. The Morgan fingerprint density at radius 3 is 2.28 bits per heavy atom. The molecule has 0 saturated carbocycles. The second-order valence-corrected chi connectivity index (χ2v) is 8.49. The molecule has 1 aromatic heterocycles. The summed E-state index contributed by atoms with van der Waals surface area (Å²) in [6.45, 7) is 1.90. The number of ether oxygens (including phenoxy) is 2. The van der Waals surface area contributed by atoms with Gasteiger partial charge < -0.3 is 20.1 Å². The number of amides is 2. The van der Waals surface area contributed by atoms with Crippen molar-refractivity contribution < 1.29 is 19.1 Å². The van der Waals surface area contributed by atoms with Gasteiger partial charge in [-0.15, -0.1) is 0 Å². The molecule has 36 heavy (non-hydrogen) atoms. The molecule has 0 bridgehead atoms. The summed E-state index contributed by atoms with van der Waals surface area (Å²) in [6, 6.07) is 23.1. The lowest BCUT2D eigenvalue weighted by Gasteiger charge is -2.33. The fourth-order valence-electron chi connectivity index (χ4n) is 4.67. The maximum atomic E-state index is 13.6. The highest BCUT2D eigenvalue weighted by Crippen LogP contribution is 2.42. The molecule has 0 saturated heterocycles. The lowest BCUT2D eigenvalue weighted by atomic mass is 9.81. The van der Waals surface area contributed by atoms with Crippen molar-refractivity contribution in [3.8, 4) is 17.2 Å². The lowest BCUT2D eigenvalue weighted by molar-refractivity contribution is -0.118. The van der Waals surface area contributed by atoms with Crippen LogP contribution in [0.15, 0.2) is 78.9 Å². The maximum absolute atomic E-state index is 13.6. The number of nitrogens with one attached hydrogen (secondary N) is 2. The second-order valence-electron chi connectivity index (χ2n) is 8.49. The van der Waals surface area contributed by atoms with Gasteiger partial charge in [0.15, 0.2) is 11.5 Å². The van der Waals surface area contributed by atoms with Crippen molar-refractivity contribution in [2.75, 3.05) is 19.5 Å². The van der Waals surface area contributed by atoms with Gasteiger partial charge in [0.05, 0.1) is 25.6 Å². The summed E-state index contributed by atoms with van der Waals surface area (Å²) in [5, 5.41) is 10.7. The second kappa shape index (κ2) is 9.58. The quantitative estimate of drug-likeness (QED) is 0.432. The molecule has 0 spiro atoms. The summed E-state index contributed by atoms with van der Waals surface area (Å²) in [5.74, 6) is 0.501. The molecule has 0 aliphatic carbocycles. The standard InChI is InChI=1S/C28H26N4O4/c1-17-23-24(19-14-15-21(35-2)22(16-19)36-3)25(29-27(33)18-10-6-4-7-11-18)28(34)30-26(23)32(31-17)20-12-8-5-9-13-20/h4-16,24-25H,1-3H3,(H,29,33)(H,30,34). The Labute approximate surface area is 208 Å². The SMILES string of the molecule is COc1ccc(C2c3c(C)nn(-c4ccccc4)c3NC(=O)C2NC(=O)c2ccccc2)cc1OC. The molecule has 0 fully saturated rings. The molecule has 2 unspecified atom stereocenters. The number of fused-ring (bicyclic) bond motifs is 1. The fourth-order valence-corrected chi connectivity index (χ4v) is 4.67. The zero-order chi connectivity index (χ0) is 25.2. The average molecular weight is 483 g/mol. The van der Waals surface area contributed by atoms with E-state index in [1.165, 1.54) is 0 Å². The maximum Gasteiger partial charge on any atom is 0.251 e. The highest BCUT2D eigenvalue weighted by Gasteiger charge is 2.42. The minimum Gasteiger partial charge on any atom is -0.493 e. The lowest BCUT2D eigenvalue weighted by Crippen LogP contribution is -2.50. The monoisotopic (exact) mass is 482 g/mol. The van der Waals surface area contributed by atoms with Crippen LogP contribution >= 0.6 is 0 Å². The van der Waals surface area contributed by atoms with Crippen LogP contribution in [0.3, 0.4) is 0 Å². The number of nitrogens with zero attached hydrogens (tertiary/aromatic N) is 2. The Kier molecular flexibility index (Phi) is 6.16. The van der Waals surface area contributed by atoms with Gasteiger partial charge in [-0.3, -0.25) is 9.59 Å². The first-order chi connectivity index (χ1) is 17.5. The van der Waals surface area contributed by atoms with Gasteiger partial charge >= 0.3 is 0 Å². The number of para-hydroxylation sites is 1. The number of anilines is 1. The minimum atomic E-state index is -0.879. The first-order valence-corrected chi connectivity index (χ1v) is 11.6. The molecule has 8 nitrogen and oxygen atoms in total. The van der Waals surface area contributed by atoms with Crippen LogP contribution in [0, 0.1) is 6.92 Å². The summed E-state index contributed by atoms with van der Waals surface area (Å²) in [7, 11) is 3.13. The van der Waals surface area contributed by atoms with Gasteiger partial charge in [-0.1, -0.05) is 42.5 Å². The van der Waals surface area contributed by atoms with E-state index in [0.29, 0.717) is 22.9 Å². The van der Waals surface area contributed by atoms with Crippen LogP contribution in [0.1, 0.15) is 33.1 Å². The number of hydrogen-bond donors (Lipinski definition) is 2. The van der Waals surface area contributed by atoms with Crippen LogP contribution in [0.4, 0.5) is 5.82 Å². The van der Waals surface area contributed by atoms with E-state index in [9.17, 15) is 9.59 Å². The zero-order valence-electron chi connectivity index (χ0n) is 20.2. The van der Waals surface area contributed by atoms with E-state index in [0.717, 1.165) is 22.5 Å². The van der Waals surface area contributed by atoms with Crippen LogP contribution in [-0.4, -0.2) is 41.9 Å². The van der Waals surface area contributed by atoms with Gasteiger partial charge in [0.1, 0.15) is 11.9 Å². The van der Waals surface area contributed by atoms with Crippen LogP contribution in [-0.2, 0) is 4.79 Å². The Hall–Kier alpha value is -4.59. The van der Waals surface area contributed by atoms with Gasteiger partial charge in [-0.2, -0.15) is 5.10 Å². The van der Waals surface area contributed by atoms with Crippen LogP contribution in [0.2, 0.25) is 0 Å². The van der Waals surface area contributed by atoms with Gasteiger partial charge in [0.2, 0.25) is 5.91 Å². The summed E-state index contributed by atoms with van der Waals surface area (Å²) >= 11 is 0. The Morgan fingerprint density at radius 1 is 0.944 bits per heavy atom. The number of methoxy groups -OCH3 is 2. The molecule has 0 radical (unpaired) electrons. The molecule has 4 aromatic rings. The normalized spacial score (nSPS) is 16.6. The smallest absolute Gasteiger partial charge is 0.251 e. The molecule has 3 aromatic carbocycles. The molecule has 2 amide bonds. The van der Waals surface area contributed by atoms with E-state index >= 15 is 0 Å². The number of carbonyl (C=O) groups is 2. The third kappa shape index (κ3) is 4.07. The van der Waals surface area contributed by atoms with E-state index in [1.807, 2.05) is 55.5 Å². The number of rotatable bonds is 6. The Balaban J connectivity index is 1.66. The van der Waals surface area contributed by atoms with E-state index in [2.05, 4.69) is 10.6 Å². The van der Waals surface area contributed by atoms with Crippen LogP contribution in [0.25, 0.3) is 5.69 Å². The summed E-state index contributed by atoms with van der Waals surface area (Å²) in [5.41, 5.74) is 3.65. The first kappa shape index (κ1) is 23.2. The first-order valence-electron chi connectivity index (χ1n) is 11.6. The largest absolute Gasteiger partial charge is 0.493 e. The van der Waals surface area contributed by atoms with Crippen LogP contribution in [0.5, 0.6) is 11.5 Å². The molecular formula is C28H26N4O4. The van der Waals surface area contributed by atoms with Gasteiger partial charge in [-0.25, -0.2) is 4.68 Å². The number of aromatic nitrogens is 2. The van der Waals surface area contributed by atoms with Crippen molar-refractivity contribution in [2.45, 2.75) is 18.9 Å². The van der Waals surface area contributed by atoms with Crippen molar-refractivity contribution >= 4 is 17.6 Å². The molecule has 1 aliphatic heterocycles. The summed E-state index contributed by atoms with van der Waals surface area (Å²) in [6.07, 6.45) is 0. The van der Waals surface area contributed by atoms with Crippen molar-refractivity contribution in [2.24, 2.45) is 0 Å². The van der Waals surface area contributed by atoms with E-state index in [4.69, 9.17) is 14.6 Å². The number of carbonyl (C=O) groups excluding carboxylic acids is 2. The average Bonchev–Trinajstić information content (AvgIpc) is 3.25. The van der Waals surface area contributed by atoms with Crippen molar-refractivity contribution in [3.63, 3.8) is 0 Å². The highest BCUT2D eigenvalue weighted by molar-refractivity contribution is 6.04. The molecule has 182 valence electrons. The number of aryl methyl sites for hydroxylation is 1. The third-order valence-corrected chi connectivity index (χ3v) is 6.37. The van der Waals surface area contributed by atoms with Gasteiger partial charge in [0, 0.05) is 17.0 Å². The molecule has 1 aliphatic rings. The predicted molar refractivity (Wildman–Crippen MR) is 136 cm³/mol. The minimum absolute atomic E-state index is 0.330. The fraction of sp³-hybridized carbons (Fsp3) is 0.179. The Bertz CT molecular complexity index is 1420. The summed E-state index contributed by atoms with van der Waals surface area (Å²) in [4.78, 5) is 26.7. The van der Waals surface area contributed by atoms with Gasteiger partial charge in [-0.05, 0) is 48.9 Å². The van der Waals surface area contributed by atoms with Crippen molar-refractivity contribution in [1.82, 2.24) is 15.1 Å². The van der Waals surface area contributed by atoms with E-state index in [1.54, 1.807) is 49.2 Å². The predicted octanol–water partition coefficient (Wildman–Crippen LogP) is 4.08. The van der Waals surface area contributed by atoms with Crippen molar-refractivity contribution in [3.05, 3.63) is 101 Å². The van der Waals surface area contributed by atoms with Crippen LogP contribution < -0.4 is 20.1 Å². The Morgan fingerprint density at radius 2 is 1.61 bits per heavy atom. The molecule has 2 atom stereocenters. The molecule has 8 heteroatoms. The van der Waals surface area contributed by atoms with E-state index < -0.39 is 12.0 Å². The molecule has 2 heterocycles. The van der Waals surface area contributed by atoms with Gasteiger partial charge in [0.25, 0.3) is 5.91 Å². The number of hydrogen-bond acceptors (Lipinski definition) is 5. The van der Waals surface area contributed by atoms with Crippen molar-refractivity contribution in [1.29, 1.82) is 0 Å². The molecule has 5 rings (SSSR count). The van der Waals surface area contributed by atoms with E-state index in [-0.39, 0.29) is 11.8 Å². The number of benzene rings is 3.